The molecule has 2 aliphatic rings. The van der Waals surface area contributed by atoms with Gasteiger partial charge < -0.3 is 11.5 Å². The van der Waals surface area contributed by atoms with Crippen LogP contribution in [0, 0.1) is 11.0 Å². The molecule has 0 spiro atoms. The van der Waals surface area contributed by atoms with Crippen molar-refractivity contribution in [3.05, 3.63) is 141 Å². The first kappa shape index (κ1) is 35.9. The Balaban J connectivity index is 1.66. The summed E-state index contributed by atoms with van der Waals surface area (Å²) in [6.07, 6.45) is -8.61. The van der Waals surface area contributed by atoms with E-state index in [1.165, 1.54) is 36.4 Å². The molecule has 0 saturated carbocycles. The molecule has 2 aliphatic carbocycles. The molecule has 4 unspecified atom stereocenters. The zero-order valence-corrected chi connectivity index (χ0v) is 28.6. The molecule has 8 N–H and O–H groups in total. The molecule has 0 bridgehead atoms. The van der Waals surface area contributed by atoms with Crippen LogP contribution >= 0.6 is 0 Å². The predicted molar refractivity (Wildman–Crippen MR) is 182 cm³/mol. The Morgan fingerprint density at radius 1 is 0.611 bits per heavy atom. The smallest absolute Gasteiger partial charge is 0.321 e. The van der Waals surface area contributed by atoms with Crippen LogP contribution in [0.25, 0.3) is 23.3 Å². The van der Waals surface area contributed by atoms with E-state index in [9.17, 15) is 25.9 Å². The van der Waals surface area contributed by atoms with Crippen LogP contribution in [0.15, 0.2) is 107 Å². The minimum absolute atomic E-state index is 0.0608. The number of benzene rings is 4. The minimum Gasteiger partial charge on any atom is -0.321 e. The molecule has 4 aromatic rings. The van der Waals surface area contributed by atoms with Gasteiger partial charge in [0, 0.05) is 0 Å². The van der Waals surface area contributed by atoms with Crippen LogP contribution < -0.4 is 11.5 Å². The van der Waals surface area contributed by atoms with Crippen LogP contribution in [0.4, 0.5) is 26.3 Å². The van der Waals surface area contributed by atoms with Gasteiger partial charge >= 0.3 is 12.4 Å². The lowest BCUT2D eigenvalue weighted by molar-refractivity contribution is -0.139. The Morgan fingerprint density at radius 3 is 1.28 bits per heavy atom. The Kier molecular flexibility index (Phi) is 8.47. The van der Waals surface area contributed by atoms with E-state index in [1.54, 1.807) is 0 Å². The number of hydrogen-bond donors (Lipinski definition) is 6. The molecule has 20 heteroatoms. The normalized spacial score (nSPS) is 24.0. The Morgan fingerprint density at radius 2 is 0.963 bits per heavy atom. The molecular formula is C34H26F6N6O6S2. The van der Waals surface area contributed by atoms with Crippen molar-refractivity contribution in [3.63, 3.8) is 0 Å². The number of halogens is 6. The molecule has 282 valence electrons. The van der Waals surface area contributed by atoms with Gasteiger partial charge in [-0.1, -0.05) is 72.8 Å². The Hall–Kier alpha value is -5.12. The van der Waals surface area contributed by atoms with E-state index in [0.717, 1.165) is 36.4 Å². The highest BCUT2D eigenvalue weighted by Crippen LogP contribution is 2.53. The fraction of sp³-hybridized carbons (Fsp3) is 0.176. The predicted octanol–water partition coefficient (Wildman–Crippen LogP) is 7.08. The molecule has 4 aromatic carbocycles. The lowest BCUT2D eigenvalue weighted by Gasteiger charge is -2.41. The van der Waals surface area contributed by atoms with Crippen LogP contribution in [0.5, 0.6) is 0 Å². The van der Waals surface area contributed by atoms with Crippen molar-refractivity contribution in [2.45, 2.75) is 33.9 Å². The second-order valence-corrected chi connectivity index (χ2v) is 15.6. The van der Waals surface area contributed by atoms with E-state index in [0.29, 0.717) is 24.3 Å². The van der Waals surface area contributed by atoms with Gasteiger partial charge in [0.2, 0.25) is 2.82 Å². The molecule has 0 radical (unpaired) electrons. The number of alkyl halides is 6. The van der Waals surface area contributed by atoms with Gasteiger partial charge in [0.1, 0.15) is 0 Å². The van der Waals surface area contributed by atoms with Gasteiger partial charge in [-0.25, -0.2) is 11.0 Å². The van der Waals surface area contributed by atoms with Crippen molar-refractivity contribution in [3.8, 4) is 11.1 Å². The van der Waals surface area contributed by atoms with Crippen molar-refractivity contribution in [1.82, 2.24) is 0 Å². The number of hydrogen-bond acceptors (Lipinski definition) is 10. The fourth-order valence-electron chi connectivity index (χ4n) is 7.42. The van der Waals surface area contributed by atoms with Crippen LogP contribution in [0.2, 0.25) is 2.82 Å². The van der Waals surface area contributed by atoms with E-state index < -0.39 is 110 Å². The van der Waals surface area contributed by atoms with E-state index in [2.05, 4.69) is 21.3 Å². The zero-order valence-electron chi connectivity index (χ0n) is 28.9. The molecule has 6 rings (SSSR count). The van der Waals surface area contributed by atoms with Crippen molar-refractivity contribution in [2.24, 2.45) is 21.7 Å². The van der Waals surface area contributed by atoms with Gasteiger partial charge in [0.15, 0.2) is 9.49 Å². The average molecular weight is 793 g/mol. The summed E-state index contributed by atoms with van der Waals surface area (Å²) in [6, 6.07) is 9.41. The summed E-state index contributed by atoms with van der Waals surface area (Å²) in [6.45, 7) is 0. The first-order chi connectivity index (χ1) is 26.1. The molecule has 0 aromatic heterocycles. The second-order valence-electron chi connectivity index (χ2n) is 12.4. The monoisotopic (exact) mass is 792 g/mol. The van der Waals surface area contributed by atoms with E-state index >= 15 is 26.3 Å². The van der Waals surface area contributed by atoms with Crippen molar-refractivity contribution in [1.29, 1.82) is 11.0 Å². The minimum atomic E-state index is -5.72. The highest BCUT2D eigenvalue weighted by Gasteiger charge is 2.60. The number of nitrogens with zero attached hydrogens (tertiary/aromatic N) is 2. The van der Waals surface area contributed by atoms with Gasteiger partial charge in [0.05, 0.1) is 34.6 Å². The van der Waals surface area contributed by atoms with Crippen molar-refractivity contribution < 1.29 is 55.1 Å². The summed E-state index contributed by atoms with van der Waals surface area (Å²) < 4.78 is 174. The summed E-state index contributed by atoms with van der Waals surface area (Å²) in [7, 11) is -11.4. The molecular weight excluding hydrogens is 767 g/mol. The third-order valence-corrected chi connectivity index (χ3v) is 12.7. The maximum atomic E-state index is 15.1. The maximum absolute atomic E-state index is 15.1. The molecule has 0 aliphatic heterocycles. The average Bonchev–Trinajstić information content (AvgIpc) is 3.10. The largest absolute Gasteiger partial charge is 0.416 e. The van der Waals surface area contributed by atoms with Crippen molar-refractivity contribution in [2.75, 3.05) is 0 Å². The third-order valence-electron chi connectivity index (χ3n) is 9.67. The van der Waals surface area contributed by atoms with Gasteiger partial charge in [-0.05, 0) is 68.8 Å². The zero-order chi connectivity index (χ0) is 41.2. The first-order valence-corrected chi connectivity index (χ1v) is 18.2. The second kappa shape index (κ2) is 12.7. The van der Waals surface area contributed by atoms with E-state index in [1.807, 2.05) is 0 Å². The van der Waals surface area contributed by atoms with Gasteiger partial charge in [-0.2, -0.15) is 53.4 Å². The first-order valence-electron chi connectivity index (χ1n) is 16.2. The third kappa shape index (κ3) is 5.59. The number of nitrogens with two attached hydrogens (primary N) is 2. The molecule has 4 atom stereocenters. The van der Waals surface area contributed by atoms with Crippen LogP contribution in [-0.4, -0.2) is 38.0 Å². The van der Waals surface area contributed by atoms with Crippen LogP contribution in [0.1, 0.15) is 44.5 Å². The summed E-state index contributed by atoms with van der Waals surface area (Å²) in [5.74, 6) is 0. The number of nitrogens with one attached hydrogen (secondary N) is 2. The molecule has 0 saturated heterocycles. The molecule has 0 amide bonds. The quantitative estimate of drug-likeness (QED) is 0.0641. The lowest BCUT2D eigenvalue weighted by atomic mass is 9.74. The Bertz CT molecular complexity index is 2440. The summed E-state index contributed by atoms with van der Waals surface area (Å²) >= 11 is 0. The SMILES string of the molecule is [H]/N=N/C1=Cc2ccccc2C(c2ccc(-c3ccc(C4(S(=O)(=O)O)c5ccccc5C=C(/N=N/[H])C4N)c(C(F)(F)F)c3)cc2C(F)(F)F)(S(=O)(=O)O)C1N. The van der Waals surface area contributed by atoms with Gasteiger partial charge in [0.25, 0.3) is 20.2 Å². The summed E-state index contributed by atoms with van der Waals surface area (Å²) in [5.41, 5.74) is 9.23. The topological polar surface area (TPSA) is 233 Å². The summed E-state index contributed by atoms with van der Waals surface area (Å²) in [5, 5.41) is 6.92. The number of rotatable bonds is 7. The van der Waals surface area contributed by atoms with E-state index in [-0.39, 0.29) is 11.1 Å². The fourth-order valence-corrected chi connectivity index (χ4v) is 10.1. The highest BCUT2D eigenvalue weighted by molar-refractivity contribution is 7.87. The molecule has 54 heavy (non-hydrogen) atoms. The van der Waals surface area contributed by atoms with Crippen LogP contribution in [0.3, 0.4) is 0 Å². The standard InChI is InChI=1S/C34H26F6N6O6S2/c35-33(36,37)25-13-17(9-11-23(25)31(53(47,48)49)21-7-3-1-5-19(21)15-27(45-43)29(31)41)18-10-12-24(26(14-18)34(38,39)40)32(54(50,51)52)22-8-4-2-6-20(22)16-28(46-44)30(32)42/h1-16,29-30,43-44H,41-42H2,(H,47,48,49)(H,50,51,52)/b45-43+,46-44+. The Labute approximate surface area is 305 Å². The van der Waals surface area contributed by atoms with Crippen molar-refractivity contribution >= 4 is 32.4 Å². The van der Waals surface area contributed by atoms with Gasteiger partial charge in [-0.15, -0.1) is 0 Å². The molecule has 0 fully saturated rings. The number of fused-ring (bicyclic) bond motifs is 2. The summed E-state index contributed by atoms with van der Waals surface area (Å²) in [4.78, 5) is 0. The van der Waals surface area contributed by atoms with E-state index in [4.69, 9.17) is 14.3 Å². The lowest BCUT2D eigenvalue weighted by Crippen LogP contribution is -2.55. The molecule has 0 heterocycles. The molecule has 12 nitrogen and oxygen atoms in total. The maximum Gasteiger partial charge on any atom is 0.416 e. The van der Waals surface area contributed by atoms with Gasteiger partial charge in [-0.3, -0.25) is 9.11 Å². The highest BCUT2D eigenvalue weighted by atomic mass is 32.2. The van der Waals surface area contributed by atoms with Crippen LogP contribution in [-0.2, 0) is 42.1 Å².